The number of aliphatic imine (C=N–C) groups is 1. The molecule has 1 aliphatic carbocycles. The molecule has 0 radical (unpaired) electrons. The van der Waals surface area contributed by atoms with Gasteiger partial charge in [0.2, 0.25) is 0 Å². The second-order valence-corrected chi connectivity index (χ2v) is 4.51. The van der Waals surface area contributed by atoms with Crippen molar-refractivity contribution in [3.05, 3.63) is 0 Å². The first-order valence-corrected chi connectivity index (χ1v) is 5.84. The molecule has 1 unspecified atom stereocenters. The Morgan fingerprint density at radius 2 is 2.18 bits per heavy atom. The van der Waals surface area contributed by atoms with Gasteiger partial charge < -0.3 is 20.7 Å². The number of nitrogens with two attached hydrogens (primary N) is 1. The van der Waals surface area contributed by atoms with Crippen molar-refractivity contribution in [2.24, 2.45) is 16.6 Å². The van der Waals surface area contributed by atoms with E-state index in [1.54, 1.807) is 7.11 Å². The molecule has 1 fully saturated rings. The van der Waals surface area contributed by atoms with E-state index in [9.17, 15) is 0 Å². The Kier molecular flexibility index (Phi) is 8.89. The Hall–Kier alpha value is -0.0800. The van der Waals surface area contributed by atoms with Crippen molar-refractivity contribution in [3.8, 4) is 0 Å². The van der Waals surface area contributed by atoms with E-state index in [1.165, 1.54) is 12.8 Å². The number of guanidine groups is 1. The van der Waals surface area contributed by atoms with Gasteiger partial charge in [-0.1, -0.05) is 0 Å². The zero-order valence-corrected chi connectivity index (χ0v) is 13.3. The highest BCUT2D eigenvalue weighted by atomic mass is 127. The van der Waals surface area contributed by atoms with E-state index in [0.29, 0.717) is 25.2 Å². The lowest BCUT2D eigenvalue weighted by Gasteiger charge is -2.22. The highest BCUT2D eigenvalue weighted by Crippen LogP contribution is 2.34. The minimum absolute atomic E-state index is 0. The number of nitrogens with one attached hydrogen (secondary N) is 1. The van der Waals surface area contributed by atoms with Gasteiger partial charge in [0.1, 0.15) is 0 Å². The summed E-state index contributed by atoms with van der Waals surface area (Å²) in [6.45, 7) is 2.14. The number of methoxy groups -OCH3 is 1. The molecule has 5 nitrogen and oxygen atoms in total. The Labute approximate surface area is 121 Å². The number of hydrogen-bond donors (Lipinski definition) is 2. The van der Waals surface area contributed by atoms with Crippen LogP contribution in [0.15, 0.2) is 4.99 Å². The van der Waals surface area contributed by atoms with Crippen LogP contribution in [0.3, 0.4) is 0 Å². The minimum atomic E-state index is 0. The van der Waals surface area contributed by atoms with Gasteiger partial charge in [-0.05, 0) is 32.9 Å². The second-order valence-electron chi connectivity index (χ2n) is 4.51. The number of ether oxygens (including phenoxy) is 1. The smallest absolute Gasteiger partial charge is 0.188 e. The summed E-state index contributed by atoms with van der Waals surface area (Å²) in [5.74, 6) is 1.33. The summed E-state index contributed by atoms with van der Waals surface area (Å²) in [6.07, 6.45) is 2.66. The van der Waals surface area contributed by atoms with E-state index in [4.69, 9.17) is 10.5 Å². The van der Waals surface area contributed by atoms with Crippen molar-refractivity contribution in [1.82, 2.24) is 10.2 Å². The van der Waals surface area contributed by atoms with Crippen LogP contribution in [0, 0.1) is 5.92 Å². The quantitative estimate of drug-likeness (QED) is 0.302. The average molecular weight is 356 g/mol. The zero-order chi connectivity index (χ0) is 12.0. The highest BCUT2D eigenvalue weighted by molar-refractivity contribution is 14.0. The summed E-state index contributed by atoms with van der Waals surface area (Å²) in [5, 5.41) is 3.02. The summed E-state index contributed by atoms with van der Waals surface area (Å²) in [6, 6.07) is 0.530. The van der Waals surface area contributed by atoms with Crippen molar-refractivity contribution in [1.29, 1.82) is 0 Å². The second kappa shape index (κ2) is 8.93. The standard InChI is InChI=1S/C11H24N4O.HI/c1-15(2)10(9-4-5-9)8-14-11(12)13-6-7-16-3;/h9-10H,4-8H2,1-3H3,(H3,12,13,14);1H. The monoisotopic (exact) mass is 356 g/mol. The van der Waals surface area contributed by atoms with Crippen LogP contribution in [0.1, 0.15) is 12.8 Å². The van der Waals surface area contributed by atoms with Gasteiger partial charge in [0.05, 0.1) is 13.2 Å². The van der Waals surface area contributed by atoms with Gasteiger partial charge in [-0.15, -0.1) is 24.0 Å². The molecule has 0 aromatic heterocycles. The predicted octanol–water partition coefficient (Wildman–Crippen LogP) is 0.495. The van der Waals surface area contributed by atoms with E-state index in [1.807, 2.05) is 0 Å². The number of rotatable bonds is 7. The molecule has 1 atom stereocenters. The van der Waals surface area contributed by atoms with Gasteiger partial charge >= 0.3 is 0 Å². The third kappa shape index (κ3) is 7.05. The summed E-state index contributed by atoms with van der Waals surface area (Å²) < 4.78 is 4.92. The van der Waals surface area contributed by atoms with Gasteiger partial charge in [-0.3, -0.25) is 4.99 Å². The van der Waals surface area contributed by atoms with Crippen molar-refractivity contribution in [2.45, 2.75) is 18.9 Å². The first kappa shape index (κ1) is 16.9. The van der Waals surface area contributed by atoms with Crippen LogP contribution in [0.5, 0.6) is 0 Å². The minimum Gasteiger partial charge on any atom is -0.383 e. The van der Waals surface area contributed by atoms with E-state index >= 15 is 0 Å². The van der Waals surface area contributed by atoms with Crippen LogP contribution in [0.4, 0.5) is 0 Å². The van der Waals surface area contributed by atoms with Crippen molar-refractivity contribution < 1.29 is 4.74 Å². The molecule has 6 heteroatoms. The third-order valence-electron chi connectivity index (χ3n) is 2.89. The summed E-state index contributed by atoms with van der Waals surface area (Å²) >= 11 is 0. The Morgan fingerprint density at radius 1 is 1.53 bits per heavy atom. The van der Waals surface area contributed by atoms with Crippen LogP contribution in [-0.2, 0) is 4.74 Å². The number of halogens is 1. The maximum Gasteiger partial charge on any atom is 0.188 e. The molecule has 0 amide bonds. The summed E-state index contributed by atoms with van der Waals surface area (Å²) in [7, 11) is 5.88. The molecule has 0 aromatic carbocycles. The molecule has 1 saturated carbocycles. The van der Waals surface area contributed by atoms with Crippen LogP contribution < -0.4 is 11.1 Å². The maximum atomic E-state index is 5.75. The molecule has 0 bridgehead atoms. The van der Waals surface area contributed by atoms with Crippen molar-refractivity contribution in [3.63, 3.8) is 0 Å². The van der Waals surface area contributed by atoms with E-state index in [2.05, 4.69) is 29.3 Å². The van der Waals surface area contributed by atoms with Crippen LogP contribution >= 0.6 is 24.0 Å². The van der Waals surface area contributed by atoms with Gasteiger partial charge in [-0.2, -0.15) is 0 Å². The molecule has 0 aliphatic heterocycles. The predicted molar refractivity (Wildman–Crippen MR) is 82.0 cm³/mol. The Morgan fingerprint density at radius 3 is 2.65 bits per heavy atom. The molecule has 17 heavy (non-hydrogen) atoms. The lowest BCUT2D eigenvalue weighted by atomic mass is 10.2. The lowest BCUT2D eigenvalue weighted by molar-refractivity contribution is 0.204. The molecule has 102 valence electrons. The fourth-order valence-corrected chi connectivity index (χ4v) is 1.74. The molecule has 0 spiro atoms. The van der Waals surface area contributed by atoms with Crippen LogP contribution in [0.25, 0.3) is 0 Å². The zero-order valence-electron chi connectivity index (χ0n) is 11.0. The fourth-order valence-electron chi connectivity index (χ4n) is 1.74. The number of nitrogens with zero attached hydrogens (tertiary/aromatic N) is 2. The van der Waals surface area contributed by atoms with E-state index < -0.39 is 0 Å². The summed E-state index contributed by atoms with van der Waals surface area (Å²) in [4.78, 5) is 6.60. The lowest BCUT2D eigenvalue weighted by Crippen LogP contribution is -2.37. The molecular formula is C11H25IN4O. The SMILES string of the molecule is COCCNC(N)=NCC(C1CC1)N(C)C.I. The van der Waals surface area contributed by atoms with Gasteiger partial charge in [0.15, 0.2) is 5.96 Å². The molecular weight excluding hydrogens is 331 g/mol. The number of hydrogen-bond acceptors (Lipinski definition) is 3. The van der Waals surface area contributed by atoms with Crippen LogP contribution in [0.2, 0.25) is 0 Å². The van der Waals surface area contributed by atoms with Gasteiger partial charge in [0, 0.05) is 19.7 Å². The topological polar surface area (TPSA) is 62.9 Å². The van der Waals surface area contributed by atoms with Crippen molar-refractivity contribution >= 4 is 29.9 Å². The van der Waals surface area contributed by atoms with E-state index in [-0.39, 0.29) is 24.0 Å². The molecule has 1 aliphatic rings. The largest absolute Gasteiger partial charge is 0.383 e. The first-order valence-electron chi connectivity index (χ1n) is 5.84. The Bertz CT molecular complexity index is 230. The normalized spacial score (nSPS) is 17.8. The molecule has 0 saturated heterocycles. The maximum absolute atomic E-state index is 5.75. The van der Waals surface area contributed by atoms with E-state index in [0.717, 1.165) is 12.5 Å². The van der Waals surface area contributed by atoms with Gasteiger partial charge in [-0.25, -0.2) is 0 Å². The average Bonchev–Trinajstić information content (AvgIpc) is 3.02. The first-order chi connectivity index (χ1) is 7.65. The molecule has 0 heterocycles. The molecule has 1 rings (SSSR count). The van der Waals surface area contributed by atoms with Gasteiger partial charge in [0.25, 0.3) is 0 Å². The summed E-state index contributed by atoms with van der Waals surface area (Å²) in [5.41, 5.74) is 5.75. The fraction of sp³-hybridized carbons (Fsp3) is 0.909. The number of likely N-dealkylation sites (N-methyl/N-ethyl adjacent to an activating group) is 1. The molecule has 3 N–H and O–H groups in total. The third-order valence-corrected chi connectivity index (χ3v) is 2.89. The highest BCUT2D eigenvalue weighted by Gasteiger charge is 2.32. The van der Waals surface area contributed by atoms with Crippen molar-refractivity contribution in [2.75, 3.05) is 40.9 Å². The molecule has 0 aromatic rings. The Balaban J connectivity index is 0.00000256. The van der Waals surface area contributed by atoms with Crippen LogP contribution in [-0.4, -0.2) is 57.8 Å².